The standard InChI is InChI=1S/C13H24N4O/c1-11(10-17-8-7-15-12(17)2)9-16-13(18)5-4-6-14-3/h7-8,11,14H,4-6,9-10H2,1-3H3,(H,16,18). The molecular formula is C13H24N4O. The smallest absolute Gasteiger partial charge is 0.220 e. The largest absolute Gasteiger partial charge is 0.356 e. The molecule has 0 aromatic carbocycles. The Hall–Kier alpha value is -1.36. The highest BCUT2D eigenvalue weighted by Crippen LogP contribution is 2.02. The summed E-state index contributed by atoms with van der Waals surface area (Å²) in [5.41, 5.74) is 0. The third kappa shape index (κ3) is 5.31. The first-order valence-corrected chi connectivity index (χ1v) is 6.52. The first-order valence-electron chi connectivity index (χ1n) is 6.52. The number of nitrogens with zero attached hydrogens (tertiary/aromatic N) is 2. The van der Waals surface area contributed by atoms with Gasteiger partial charge < -0.3 is 15.2 Å². The molecule has 0 bridgehead atoms. The summed E-state index contributed by atoms with van der Waals surface area (Å²) < 4.78 is 2.11. The number of hydrogen-bond donors (Lipinski definition) is 2. The van der Waals surface area contributed by atoms with Crippen LogP contribution in [-0.4, -0.2) is 35.6 Å². The minimum Gasteiger partial charge on any atom is -0.356 e. The van der Waals surface area contributed by atoms with Crippen molar-refractivity contribution in [2.75, 3.05) is 20.1 Å². The summed E-state index contributed by atoms with van der Waals surface area (Å²) >= 11 is 0. The van der Waals surface area contributed by atoms with Gasteiger partial charge in [0.25, 0.3) is 0 Å². The fourth-order valence-electron chi connectivity index (χ4n) is 1.80. The van der Waals surface area contributed by atoms with Crippen molar-refractivity contribution < 1.29 is 4.79 Å². The maximum absolute atomic E-state index is 11.5. The zero-order valence-electron chi connectivity index (χ0n) is 11.6. The predicted octanol–water partition coefficient (Wildman–Crippen LogP) is 0.943. The van der Waals surface area contributed by atoms with Crippen LogP contribution in [0.3, 0.4) is 0 Å². The molecule has 0 radical (unpaired) electrons. The molecule has 5 nitrogen and oxygen atoms in total. The van der Waals surface area contributed by atoms with Gasteiger partial charge in [-0.15, -0.1) is 0 Å². The van der Waals surface area contributed by atoms with Crippen molar-refractivity contribution in [3.8, 4) is 0 Å². The van der Waals surface area contributed by atoms with E-state index in [1.165, 1.54) is 0 Å². The van der Waals surface area contributed by atoms with E-state index in [1.54, 1.807) is 6.20 Å². The van der Waals surface area contributed by atoms with E-state index in [9.17, 15) is 4.79 Å². The van der Waals surface area contributed by atoms with E-state index in [1.807, 2.05) is 20.2 Å². The van der Waals surface area contributed by atoms with E-state index in [0.717, 1.165) is 31.9 Å². The summed E-state index contributed by atoms with van der Waals surface area (Å²) in [6, 6.07) is 0. The molecule has 0 aliphatic heterocycles. The molecule has 1 aromatic heterocycles. The van der Waals surface area contributed by atoms with Gasteiger partial charge in [-0.25, -0.2) is 4.98 Å². The van der Waals surface area contributed by atoms with Crippen LogP contribution in [0.25, 0.3) is 0 Å². The summed E-state index contributed by atoms with van der Waals surface area (Å²) in [5.74, 6) is 1.56. The molecule has 1 aromatic rings. The van der Waals surface area contributed by atoms with E-state index in [2.05, 4.69) is 27.1 Å². The van der Waals surface area contributed by atoms with Gasteiger partial charge in [-0.2, -0.15) is 0 Å². The molecule has 102 valence electrons. The van der Waals surface area contributed by atoms with Gasteiger partial charge in [0.2, 0.25) is 5.91 Å². The second-order valence-electron chi connectivity index (χ2n) is 4.74. The third-order valence-electron chi connectivity index (χ3n) is 2.91. The summed E-state index contributed by atoms with van der Waals surface area (Å²) in [5, 5.41) is 6.01. The minimum atomic E-state index is 0.138. The predicted molar refractivity (Wildman–Crippen MR) is 72.3 cm³/mol. The van der Waals surface area contributed by atoms with E-state index in [-0.39, 0.29) is 5.91 Å². The molecule has 0 saturated carbocycles. The van der Waals surface area contributed by atoms with E-state index in [4.69, 9.17) is 0 Å². The molecule has 1 unspecified atom stereocenters. The molecule has 0 saturated heterocycles. The first-order chi connectivity index (χ1) is 8.63. The number of aromatic nitrogens is 2. The van der Waals surface area contributed by atoms with Crippen LogP contribution < -0.4 is 10.6 Å². The number of amides is 1. The molecule has 0 aliphatic carbocycles. The maximum Gasteiger partial charge on any atom is 0.220 e. The Morgan fingerprint density at radius 1 is 1.56 bits per heavy atom. The molecule has 0 fully saturated rings. The highest BCUT2D eigenvalue weighted by Gasteiger charge is 2.07. The van der Waals surface area contributed by atoms with E-state index >= 15 is 0 Å². The second-order valence-corrected chi connectivity index (χ2v) is 4.74. The van der Waals surface area contributed by atoms with Crippen LogP contribution in [0.2, 0.25) is 0 Å². The molecule has 1 rings (SSSR count). The molecule has 0 spiro atoms. The molecule has 1 heterocycles. The number of aryl methyl sites for hydroxylation is 1. The van der Waals surface area contributed by atoms with Crippen molar-refractivity contribution in [1.29, 1.82) is 0 Å². The van der Waals surface area contributed by atoms with Gasteiger partial charge in [0.15, 0.2) is 0 Å². The number of rotatable bonds is 8. The van der Waals surface area contributed by atoms with Gasteiger partial charge in [-0.05, 0) is 32.9 Å². The maximum atomic E-state index is 11.5. The van der Waals surface area contributed by atoms with Crippen molar-refractivity contribution in [3.63, 3.8) is 0 Å². The summed E-state index contributed by atoms with van der Waals surface area (Å²) in [7, 11) is 1.90. The normalized spacial score (nSPS) is 12.4. The molecular weight excluding hydrogens is 228 g/mol. The van der Waals surface area contributed by atoms with Crippen molar-refractivity contribution in [1.82, 2.24) is 20.2 Å². The monoisotopic (exact) mass is 252 g/mol. The highest BCUT2D eigenvalue weighted by atomic mass is 16.1. The lowest BCUT2D eigenvalue weighted by molar-refractivity contribution is -0.121. The second kappa shape index (κ2) is 7.87. The minimum absolute atomic E-state index is 0.138. The van der Waals surface area contributed by atoms with Gasteiger partial charge in [0.1, 0.15) is 5.82 Å². The topological polar surface area (TPSA) is 59.0 Å². The van der Waals surface area contributed by atoms with Crippen molar-refractivity contribution >= 4 is 5.91 Å². The number of imidazole rings is 1. The van der Waals surface area contributed by atoms with Crippen LogP contribution in [0.1, 0.15) is 25.6 Å². The Balaban J connectivity index is 2.19. The van der Waals surface area contributed by atoms with Gasteiger partial charge in [-0.3, -0.25) is 4.79 Å². The Bertz CT molecular complexity index is 362. The number of hydrogen-bond acceptors (Lipinski definition) is 3. The van der Waals surface area contributed by atoms with Gasteiger partial charge in [0, 0.05) is 31.9 Å². The zero-order chi connectivity index (χ0) is 13.4. The fraction of sp³-hybridized carbons (Fsp3) is 0.692. The van der Waals surface area contributed by atoms with Crippen LogP contribution in [0.5, 0.6) is 0 Å². The molecule has 18 heavy (non-hydrogen) atoms. The lowest BCUT2D eigenvalue weighted by Crippen LogP contribution is -2.30. The van der Waals surface area contributed by atoms with Gasteiger partial charge >= 0.3 is 0 Å². The lowest BCUT2D eigenvalue weighted by atomic mass is 10.1. The van der Waals surface area contributed by atoms with Crippen LogP contribution in [0.15, 0.2) is 12.4 Å². The highest BCUT2D eigenvalue weighted by molar-refractivity contribution is 5.75. The average molecular weight is 252 g/mol. The Kier molecular flexibility index (Phi) is 6.43. The van der Waals surface area contributed by atoms with E-state index in [0.29, 0.717) is 12.3 Å². The van der Waals surface area contributed by atoms with E-state index < -0.39 is 0 Å². The summed E-state index contributed by atoms with van der Waals surface area (Å²) in [6.45, 7) is 6.62. The van der Waals surface area contributed by atoms with Crippen molar-refractivity contribution in [2.24, 2.45) is 5.92 Å². The van der Waals surface area contributed by atoms with Gasteiger partial charge in [0.05, 0.1) is 0 Å². The Labute approximate surface area is 109 Å². The fourth-order valence-corrected chi connectivity index (χ4v) is 1.80. The van der Waals surface area contributed by atoms with Crippen LogP contribution in [0, 0.1) is 12.8 Å². The molecule has 5 heteroatoms. The summed E-state index contributed by atoms with van der Waals surface area (Å²) in [6.07, 6.45) is 5.26. The molecule has 1 amide bonds. The number of carbonyl (C=O) groups is 1. The number of carbonyl (C=O) groups excluding carboxylic acids is 1. The molecule has 2 N–H and O–H groups in total. The summed E-state index contributed by atoms with van der Waals surface area (Å²) in [4.78, 5) is 15.7. The van der Waals surface area contributed by atoms with Crippen LogP contribution in [-0.2, 0) is 11.3 Å². The van der Waals surface area contributed by atoms with Crippen molar-refractivity contribution in [2.45, 2.75) is 33.2 Å². The lowest BCUT2D eigenvalue weighted by Gasteiger charge is -2.14. The Morgan fingerprint density at radius 2 is 2.33 bits per heavy atom. The SMILES string of the molecule is CNCCCC(=O)NCC(C)Cn1ccnc1C. The molecule has 0 aliphatic rings. The zero-order valence-corrected chi connectivity index (χ0v) is 11.6. The molecule has 1 atom stereocenters. The van der Waals surface area contributed by atoms with Crippen LogP contribution in [0.4, 0.5) is 0 Å². The van der Waals surface area contributed by atoms with Crippen LogP contribution >= 0.6 is 0 Å². The number of nitrogens with one attached hydrogen (secondary N) is 2. The van der Waals surface area contributed by atoms with Crippen molar-refractivity contribution in [3.05, 3.63) is 18.2 Å². The third-order valence-corrected chi connectivity index (χ3v) is 2.91. The first kappa shape index (κ1) is 14.7. The quantitative estimate of drug-likeness (QED) is 0.677. The average Bonchev–Trinajstić information content (AvgIpc) is 2.73. The van der Waals surface area contributed by atoms with Gasteiger partial charge in [-0.1, -0.05) is 6.92 Å². The Morgan fingerprint density at radius 3 is 2.94 bits per heavy atom.